The molecule has 108 valence electrons. The lowest BCUT2D eigenvalue weighted by molar-refractivity contribution is 0.103. The highest BCUT2D eigenvalue weighted by molar-refractivity contribution is 7.89. The van der Waals surface area contributed by atoms with E-state index in [0.717, 1.165) is 11.3 Å². The molecule has 0 aliphatic heterocycles. The second-order valence-electron chi connectivity index (χ2n) is 3.76. The Morgan fingerprint density at radius 1 is 1.45 bits per heavy atom. The Morgan fingerprint density at radius 3 is 2.80 bits per heavy atom. The van der Waals surface area contributed by atoms with Gasteiger partial charge in [-0.05, 0) is 6.07 Å². The Hall–Kier alpha value is -1.36. The maximum atomic E-state index is 12.1. The molecule has 0 aliphatic carbocycles. The number of hydrogen-bond acceptors (Lipinski definition) is 7. The number of nitrogens with zero attached hydrogens (tertiary/aromatic N) is 3. The number of nitrogens with one attached hydrogen (secondary N) is 1. The number of carbonyl (C=O) groups excluding carboxylic acids is 1. The zero-order chi connectivity index (χ0) is 14.8. The van der Waals surface area contributed by atoms with E-state index < -0.39 is 15.9 Å². The Kier molecular flexibility index (Phi) is 4.48. The van der Waals surface area contributed by atoms with Crippen molar-refractivity contribution in [3.8, 4) is 0 Å². The van der Waals surface area contributed by atoms with Crippen LogP contribution in [-0.2, 0) is 10.0 Å². The normalized spacial score (nSPS) is 11.8. The van der Waals surface area contributed by atoms with E-state index in [1.54, 1.807) is 6.92 Å². The van der Waals surface area contributed by atoms with Crippen LogP contribution in [0.3, 0.4) is 0 Å². The highest BCUT2D eigenvalue weighted by Gasteiger charge is 2.22. The molecule has 1 amide bonds. The van der Waals surface area contributed by atoms with Crippen LogP contribution in [0.4, 0.5) is 5.13 Å². The van der Waals surface area contributed by atoms with Crippen LogP contribution in [0, 0.1) is 0 Å². The third-order valence-electron chi connectivity index (χ3n) is 2.53. The average Bonchev–Trinajstić information content (AvgIpc) is 3.08. The molecule has 2 heterocycles. The number of amides is 1. The van der Waals surface area contributed by atoms with Gasteiger partial charge < -0.3 is 0 Å². The van der Waals surface area contributed by atoms with Gasteiger partial charge >= 0.3 is 0 Å². The first kappa shape index (κ1) is 15.0. The largest absolute Gasteiger partial charge is 0.296 e. The lowest BCUT2D eigenvalue weighted by Gasteiger charge is -2.12. The van der Waals surface area contributed by atoms with Crippen molar-refractivity contribution in [1.29, 1.82) is 0 Å². The van der Waals surface area contributed by atoms with Gasteiger partial charge in [-0.1, -0.05) is 18.3 Å². The maximum absolute atomic E-state index is 12.1. The summed E-state index contributed by atoms with van der Waals surface area (Å²) < 4.78 is 25.4. The summed E-state index contributed by atoms with van der Waals surface area (Å²) in [6.07, 6.45) is 0. The molecule has 0 aliphatic rings. The predicted molar refractivity (Wildman–Crippen MR) is 77.7 cm³/mol. The van der Waals surface area contributed by atoms with Crippen molar-refractivity contribution in [3.63, 3.8) is 0 Å². The zero-order valence-electron chi connectivity index (χ0n) is 10.7. The van der Waals surface area contributed by atoms with Crippen LogP contribution in [0.25, 0.3) is 0 Å². The van der Waals surface area contributed by atoms with Crippen LogP contribution in [-0.4, -0.2) is 42.4 Å². The second kappa shape index (κ2) is 5.95. The van der Waals surface area contributed by atoms with Crippen LogP contribution in [0.5, 0.6) is 0 Å². The molecule has 2 rings (SSSR count). The van der Waals surface area contributed by atoms with E-state index >= 15 is 0 Å². The van der Waals surface area contributed by atoms with Crippen LogP contribution >= 0.6 is 22.7 Å². The highest BCUT2D eigenvalue weighted by atomic mass is 32.2. The van der Waals surface area contributed by atoms with Crippen molar-refractivity contribution in [2.24, 2.45) is 0 Å². The third-order valence-corrected chi connectivity index (χ3v) is 6.13. The molecule has 0 bridgehead atoms. The molecule has 0 saturated carbocycles. The number of rotatable bonds is 5. The maximum Gasteiger partial charge on any atom is 0.267 e. The van der Waals surface area contributed by atoms with Crippen molar-refractivity contribution >= 4 is 43.7 Å². The van der Waals surface area contributed by atoms with E-state index in [0.29, 0.717) is 16.6 Å². The van der Waals surface area contributed by atoms with Crippen LogP contribution in [0.15, 0.2) is 21.9 Å². The molecule has 2 aromatic heterocycles. The molecule has 20 heavy (non-hydrogen) atoms. The van der Waals surface area contributed by atoms with E-state index in [-0.39, 0.29) is 4.90 Å². The van der Waals surface area contributed by atoms with E-state index in [9.17, 15) is 13.2 Å². The van der Waals surface area contributed by atoms with Gasteiger partial charge in [0.05, 0.1) is 9.77 Å². The molecular formula is C10H12N4O3S3. The first-order chi connectivity index (χ1) is 9.45. The molecule has 1 N–H and O–H groups in total. The van der Waals surface area contributed by atoms with Crippen molar-refractivity contribution in [1.82, 2.24) is 14.5 Å². The Labute approximate surface area is 124 Å². The molecule has 7 nitrogen and oxygen atoms in total. The number of anilines is 1. The summed E-state index contributed by atoms with van der Waals surface area (Å²) in [5.74, 6) is -0.396. The lowest BCUT2D eigenvalue weighted by atomic mass is 10.4. The van der Waals surface area contributed by atoms with Crippen molar-refractivity contribution in [2.75, 3.05) is 18.9 Å². The molecule has 10 heteroatoms. The summed E-state index contributed by atoms with van der Waals surface area (Å²) in [5, 5.41) is 11.7. The quantitative estimate of drug-likeness (QED) is 0.895. The number of sulfonamides is 1. The fraction of sp³-hybridized carbons (Fsp3) is 0.300. The molecular weight excluding hydrogens is 320 g/mol. The summed E-state index contributed by atoms with van der Waals surface area (Å²) in [6, 6.07) is 1.36. The molecule has 0 unspecified atom stereocenters. The monoisotopic (exact) mass is 332 g/mol. The van der Waals surface area contributed by atoms with Gasteiger partial charge in [-0.25, -0.2) is 12.7 Å². The lowest BCUT2D eigenvalue weighted by Crippen LogP contribution is -2.26. The highest BCUT2D eigenvalue weighted by Crippen LogP contribution is 2.23. The summed E-state index contributed by atoms with van der Waals surface area (Å²) in [6.45, 7) is 2.11. The van der Waals surface area contributed by atoms with E-state index in [2.05, 4.69) is 15.5 Å². The van der Waals surface area contributed by atoms with Gasteiger partial charge in [-0.3, -0.25) is 10.1 Å². The smallest absolute Gasteiger partial charge is 0.267 e. The van der Waals surface area contributed by atoms with E-state index in [4.69, 9.17) is 0 Å². The number of carbonyl (C=O) groups is 1. The Morgan fingerprint density at radius 2 is 2.20 bits per heavy atom. The average molecular weight is 332 g/mol. The van der Waals surface area contributed by atoms with Gasteiger partial charge in [0.15, 0.2) is 0 Å². The standard InChI is InChI=1S/C10H12N4O3S3/c1-3-14(2)20(16,17)7-4-8(18-5-7)9(15)12-10-13-11-6-19-10/h4-6H,3H2,1-2H3,(H,12,13,15). The molecule has 2 aromatic rings. The Balaban J connectivity index is 2.19. The van der Waals surface area contributed by atoms with Crippen LogP contribution in [0.2, 0.25) is 0 Å². The third kappa shape index (κ3) is 3.03. The van der Waals surface area contributed by atoms with Crippen molar-refractivity contribution in [3.05, 3.63) is 21.8 Å². The minimum absolute atomic E-state index is 0.120. The topological polar surface area (TPSA) is 92.3 Å². The SMILES string of the molecule is CCN(C)S(=O)(=O)c1csc(C(=O)Nc2nncs2)c1. The van der Waals surface area contributed by atoms with Crippen molar-refractivity contribution in [2.45, 2.75) is 11.8 Å². The molecule has 0 spiro atoms. The molecule has 0 saturated heterocycles. The molecule has 0 fully saturated rings. The first-order valence-corrected chi connectivity index (χ1v) is 8.77. The molecule has 0 aromatic carbocycles. The van der Waals surface area contributed by atoms with Gasteiger partial charge in [0.1, 0.15) is 5.51 Å². The number of thiophene rings is 1. The van der Waals surface area contributed by atoms with E-state index in [1.165, 1.54) is 39.6 Å². The Bertz CT molecular complexity index is 693. The summed E-state index contributed by atoms with van der Waals surface area (Å²) >= 11 is 2.26. The molecule has 0 atom stereocenters. The fourth-order valence-corrected chi connectivity index (χ4v) is 4.09. The van der Waals surface area contributed by atoms with Gasteiger partial charge in [0.2, 0.25) is 15.2 Å². The van der Waals surface area contributed by atoms with Crippen LogP contribution in [0.1, 0.15) is 16.6 Å². The van der Waals surface area contributed by atoms with Gasteiger partial charge in [-0.15, -0.1) is 21.5 Å². The van der Waals surface area contributed by atoms with Gasteiger partial charge in [0.25, 0.3) is 5.91 Å². The summed E-state index contributed by atoms with van der Waals surface area (Å²) in [5.41, 5.74) is 1.50. The first-order valence-electron chi connectivity index (χ1n) is 5.57. The van der Waals surface area contributed by atoms with E-state index in [1.807, 2.05) is 0 Å². The minimum atomic E-state index is -3.53. The molecule has 0 radical (unpaired) electrons. The predicted octanol–water partition coefficient (Wildman–Crippen LogP) is 1.49. The van der Waals surface area contributed by atoms with Gasteiger partial charge in [-0.2, -0.15) is 0 Å². The summed E-state index contributed by atoms with van der Waals surface area (Å²) in [7, 11) is -2.03. The second-order valence-corrected chi connectivity index (χ2v) is 7.55. The van der Waals surface area contributed by atoms with Gasteiger partial charge in [0, 0.05) is 19.0 Å². The number of hydrogen-bond donors (Lipinski definition) is 1. The van der Waals surface area contributed by atoms with Crippen molar-refractivity contribution < 1.29 is 13.2 Å². The minimum Gasteiger partial charge on any atom is -0.296 e. The number of aromatic nitrogens is 2. The van der Waals surface area contributed by atoms with Crippen LogP contribution < -0.4 is 5.32 Å². The fourth-order valence-electron chi connectivity index (χ4n) is 1.31. The summed E-state index contributed by atoms with van der Waals surface area (Å²) in [4.78, 5) is 12.3. The zero-order valence-corrected chi connectivity index (χ0v) is 13.2.